The zero-order chi connectivity index (χ0) is 21.7. The predicted molar refractivity (Wildman–Crippen MR) is 128 cm³/mol. The number of nitrogens with zero attached hydrogens (tertiary/aromatic N) is 5. The lowest BCUT2D eigenvalue weighted by Gasteiger charge is -2.15. The van der Waals surface area contributed by atoms with Crippen LogP contribution in [-0.4, -0.2) is 24.1 Å². The van der Waals surface area contributed by atoms with Crippen molar-refractivity contribution in [1.82, 2.24) is 24.1 Å². The SMILES string of the molecule is Nc1c(-c2c(N)c3ncccc3n2-c2ccncc2)n(-c2ccncc2)c2ccccc12. The highest BCUT2D eigenvalue weighted by Crippen LogP contribution is 2.44. The molecule has 0 atom stereocenters. The monoisotopic (exact) mass is 417 g/mol. The topological polar surface area (TPSA) is 101 Å². The molecule has 0 aliphatic rings. The number of fused-ring (bicyclic) bond motifs is 2. The van der Waals surface area contributed by atoms with Crippen molar-refractivity contribution in [2.45, 2.75) is 0 Å². The van der Waals surface area contributed by atoms with E-state index in [0.29, 0.717) is 11.4 Å². The van der Waals surface area contributed by atoms with Crippen molar-refractivity contribution >= 4 is 33.3 Å². The number of rotatable bonds is 3. The van der Waals surface area contributed by atoms with Crippen molar-refractivity contribution in [3.63, 3.8) is 0 Å². The number of nitrogens with two attached hydrogens (primary N) is 2. The van der Waals surface area contributed by atoms with Gasteiger partial charge in [-0.3, -0.25) is 15.0 Å². The summed E-state index contributed by atoms with van der Waals surface area (Å²) in [4.78, 5) is 12.9. The van der Waals surface area contributed by atoms with Gasteiger partial charge in [0.05, 0.1) is 33.8 Å². The number of hydrogen-bond donors (Lipinski definition) is 2. The van der Waals surface area contributed by atoms with E-state index in [9.17, 15) is 0 Å². The van der Waals surface area contributed by atoms with Crippen LogP contribution in [0.5, 0.6) is 0 Å². The van der Waals surface area contributed by atoms with Gasteiger partial charge in [-0.15, -0.1) is 0 Å². The Morgan fingerprint density at radius 1 is 0.562 bits per heavy atom. The number of nitrogen functional groups attached to an aromatic ring is 2. The van der Waals surface area contributed by atoms with Gasteiger partial charge in [0.1, 0.15) is 5.52 Å². The van der Waals surface area contributed by atoms with E-state index in [1.165, 1.54) is 0 Å². The maximum atomic E-state index is 6.81. The summed E-state index contributed by atoms with van der Waals surface area (Å²) in [6, 6.07) is 19.8. The molecule has 5 aromatic heterocycles. The largest absolute Gasteiger partial charge is 0.396 e. The second-order valence-electron chi connectivity index (χ2n) is 7.49. The second kappa shape index (κ2) is 6.95. The Hall–Kier alpha value is -4.65. The van der Waals surface area contributed by atoms with Gasteiger partial charge in [0.2, 0.25) is 0 Å². The van der Waals surface area contributed by atoms with Crippen molar-refractivity contribution in [2.24, 2.45) is 0 Å². The van der Waals surface area contributed by atoms with Crippen LogP contribution in [0.15, 0.2) is 91.6 Å². The van der Waals surface area contributed by atoms with E-state index < -0.39 is 0 Å². The maximum absolute atomic E-state index is 6.81. The second-order valence-corrected chi connectivity index (χ2v) is 7.49. The lowest BCUT2D eigenvalue weighted by atomic mass is 10.2. The fraction of sp³-hybridized carbons (Fsp3) is 0. The van der Waals surface area contributed by atoms with Crippen molar-refractivity contribution in [1.29, 1.82) is 0 Å². The average Bonchev–Trinajstić information content (AvgIpc) is 3.31. The van der Waals surface area contributed by atoms with Gasteiger partial charge >= 0.3 is 0 Å². The number of benzene rings is 1. The fourth-order valence-corrected chi connectivity index (χ4v) is 4.39. The Morgan fingerprint density at radius 2 is 1.12 bits per heavy atom. The molecule has 6 rings (SSSR count). The Kier molecular flexibility index (Phi) is 3.94. The third-order valence-electron chi connectivity index (χ3n) is 5.74. The van der Waals surface area contributed by atoms with Gasteiger partial charge in [-0.1, -0.05) is 18.2 Å². The molecule has 0 fully saturated rings. The van der Waals surface area contributed by atoms with Gasteiger partial charge in [0, 0.05) is 47.7 Å². The van der Waals surface area contributed by atoms with Crippen LogP contribution in [0, 0.1) is 0 Å². The molecule has 0 unspecified atom stereocenters. The third-order valence-corrected chi connectivity index (χ3v) is 5.74. The number of anilines is 2. The van der Waals surface area contributed by atoms with Crippen LogP contribution in [0.25, 0.3) is 44.7 Å². The molecule has 7 heteroatoms. The van der Waals surface area contributed by atoms with Crippen LogP contribution in [0.2, 0.25) is 0 Å². The number of para-hydroxylation sites is 1. The zero-order valence-electron chi connectivity index (χ0n) is 17.1. The average molecular weight is 417 g/mol. The molecule has 4 N–H and O–H groups in total. The Bertz CT molecular complexity index is 1460. The standard InChI is InChI=1S/C25H19N7/c26-21-18-4-1-2-5-19(18)31(16-7-12-28-13-8-16)24(21)25-22(27)23-20(6-3-11-30-23)32(25)17-9-14-29-15-10-17/h1-15H,26-27H2. The van der Waals surface area contributed by atoms with E-state index >= 15 is 0 Å². The van der Waals surface area contributed by atoms with E-state index in [2.05, 4.69) is 30.2 Å². The first kappa shape index (κ1) is 18.1. The van der Waals surface area contributed by atoms with Crippen LogP contribution in [-0.2, 0) is 0 Å². The van der Waals surface area contributed by atoms with Gasteiger partial charge in [0.25, 0.3) is 0 Å². The minimum absolute atomic E-state index is 0.572. The van der Waals surface area contributed by atoms with Crippen LogP contribution >= 0.6 is 0 Å². The number of pyridine rings is 3. The molecule has 6 aromatic rings. The van der Waals surface area contributed by atoms with Crippen molar-refractivity contribution in [2.75, 3.05) is 11.5 Å². The van der Waals surface area contributed by atoms with E-state index in [4.69, 9.17) is 11.5 Å². The molecule has 0 radical (unpaired) electrons. The molecule has 0 amide bonds. The van der Waals surface area contributed by atoms with E-state index in [1.54, 1.807) is 31.0 Å². The van der Waals surface area contributed by atoms with Crippen LogP contribution in [0.1, 0.15) is 0 Å². The highest BCUT2D eigenvalue weighted by atomic mass is 15.1. The lowest BCUT2D eigenvalue weighted by molar-refractivity contribution is 1.06. The fourth-order valence-electron chi connectivity index (χ4n) is 4.39. The summed E-state index contributed by atoms with van der Waals surface area (Å²) in [5.74, 6) is 0. The molecule has 0 spiro atoms. The summed E-state index contributed by atoms with van der Waals surface area (Å²) in [6.45, 7) is 0. The molecule has 154 valence electrons. The van der Waals surface area contributed by atoms with Crippen LogP contribution in [0.4, 0.5) is 11.4 Å². The van der Waals surface area contributed by atoms with Gasteiger partial charge in [-0.05, 0) is 42.5 Å². The molecule has 0 aliphatic carbocycles. The Balaban J connectivity index is 1.82. The number of hydrogen-bond acceptors (Lipinski definition) is 5. The molecule has 7 nitrogen and oxygen atoms in total. The molecule has 1 aromatic carbocycles. The van der Waals surface area contributed by atoms with E-state index in [1.807, 2.05) is 54.6 Å². The molecule has 0 saturated heterocycles. The predicted octanol–water partition coefficient (Wildman–Crippen LogP) is 4.59. The molecular formula is C25H19N7. The van der Waals surface area contributed by atoms with Gasteiger partial charge in [-0.25, -0.2) is 0 Å². The highest BCUT2D eigenvalue weighted by Gasteiger charge is 2.26. The molecule has 32 heavy (non-hydrogen) atoms. The first-order valence-corrected chi connectivity index (χ1v) is 10.2. The summed E-state index contributed by atoms with van der Waals surface area (Å²) in [5.41, 5.74) is 20.9. The summed E-state index contributed by atoms with van der Waals surface area (Å²) in [5, 5.41) is 0.957. The Labute approximate surface area is 183 Å². The normalized spacial score (nSPS) is 11.4. The molecule has 0 aliphatic heterocycles. The van der Waals surface area contributed by atoms with Gasteiger partial charge in [-0.2, -0.15) is 0 Å². The quantitative estimate of drug-likeness (QED) is 0.439. The van der Waals surface area contributed by atoms with Crippen LogP contribution in [0.3, 0.4) is 0 Å². The van der Waals surface area contributed by atoms with E-state index in [0.717, 1.165) is 44.7 Å². The van der Waals surface area contributed by atoms with Crippen LogP contribution < -0.4 is 11.5 Å². The first-order valence-electron chi connectivity index (χ1n) is 10.2. The summed E-state index contributed by atoms with van der Waals surface area (Å²) in [7, 11) is 0. The molecule has 0 saturated carbocycles. The first-order chi connectivity index (χ1) is 15.8. The molecule has 5 heterocycles. The summed E-state index contributed by atoms with van der Waals surface area (Å²) >= 11 is 0. The highest BCUT2D eigenvalue weighted by molar-refractivity contribution is 6.08. The third kappa shape index (κ3) is 2.51. The van der Waals surface area contributed by atoms with Gasteiger partial charge in [0.15, 0.2) is 0 Å². The van der Waals surface area contributed by atoms with Crippen molar-refractivity contribution in [3.05, 3.63) is 91.6 Å². The Morgan fingerprint density at radius 3 is 1.81 bits per heavy atom. The molecule has 0 bridgehead atoms. The zero-order valence-corrected chi connectivity index (χ0v) is 17.1. The van der Waals surface area contributed by atoms with Crippen molar-refractivity contribution < 1.29 is 0 Å². The number of aromatic nitrogens is 5. The minimum Gasteiger partial charge on any atom is -0.396 e. The molecular weight excluding hydrogens is 398 g/mol. The lowest BCUT2D eigenvalue weighted by Crippen LogP contribution is -2.05. The smallest absolute Gasteiger partial charge is 0.112 e. The van der Waals surface area contributed by atoms with Crippen molar-refractivity contribution in [3.8, 4) is 22.8 Å². The maximum Gasteiger partial charge on any atom is 0.112 e. The van der Waals surface area contributed by atoms with Gasteiger partial charge < -0.3 is 20.6 Å². The van der Waals surface area contributed by atoms with E-state index in [-0.39, 0.29) is 0 Å². The summed E-state index contributed by atoms with van der Waals surface area (Å²) in [6.07, 6.45) is 8.82. The minimum atomic E-state index is 0.572. The summed E-state index contributed by atoms with van der Waals surface area (Å²) < 4.78 is 4.23.